The first-order valence-electron chi connectivity index (χ1n) is 7.26. The van der Waals surface area contributed by atoms with Crippen LogP contribution in [-0.2, 0) is 19.4 Å². The molecule has 2 N–H and O–H groups in total. The highest BCUT2D eigenvalue weighted by molar-refractivity contribution is 5.43. The fraction of sp³-hybridized carbons (Fsp3) is 0.438. The average Bonchev–Trinajstić information content (AvgIpc) is 2.86. The Morgan fingerprint density at radius 1 is 1.20 bits per heavy atom. The van der Waals surface area contributed by atoms with Gasteiger partial charge in [0.15, 0.2) is 0 Å². The molecule has 0 radical (unpaired) electrons. The first kappa shape index (κ1) is 14.4. The van der Waals surface area contributed by atoms with Crippen LogP contribution in [0.2, 0.25) is 0 Å². The minimum Gasteiger partial charge on any atom is -0.493 e. The normalized spacial score (nSPS) is 10.7. The first-order chi connectivity index (χ1) is 9.72. The molecular formula is C16H23N3O. The van der Waals surface area contributed by atoms with Gasteiger partial charge in [0.2, 0.25) is 0 Å². The van der Waals surface area contributed by atoms with Crippen LogP contribution in [0, 0.1) is 0 Å². The Morgan fingerprint density at radius 2 is 2.05 bits per heavy atom. The van der Waals surface area contributed by atoms with E-state index in [0.29, 0.717) is 6.61 Å². The van der Waals surface area contributed by atoms with Gasteiger partial charge < -0.3 is 10.5 Å². The van der Waals surface area contributed by atoms with Crippen molar-refractivity contribution in [1.29, 1.82) is 0 Å². The summed E-state index contributed by atoms with van der Waals surface area (Å²) in [6.45, 7) is 5.87. The average molecular weight is 273 g/mol. The molecular weight excluding hydrogens is 250 g/mol. The summed E-state index contributed by atoms with van der Waals surface area (Å²) in [7, 11) is 0. The highest BCUT2D eigenvalue weighted by Crippen LogP contribution is 2.14. The molecule has 0 bridgehead atoms. The van der Waals surface area contributed by atoms with Gasteiger partial charge in [0.25, 0.3) is 0 Å². The van der Waals surface area contributed by atoms with E-state index in [-0.39, 0.29) is 0 Å². The first-order valence-corrected chi connectivity index (χ1v) is 7.26. The van der Waals surface area contributed by atoms with E-state index in [4.69, 9.17) is 10.5 Å². The van der Waals surface area contributed by atoms with Gasteiger partial charge in [-0.2, -0.15) is 5.10 Å². The number of nitrogens with zero attached hydrogens (tertiary/aromatic N) is 2. The molecule has 108 valence electrons. The molecule has 0 aliphatic carbocycles. The number of nitrogen functional groups attached to an aromatic ring is 1. The largest absolute Gasteiger partial charge is 0.493 e. The van der Waals surface area contributed by atoms with Gasteiger partial charge in [-0.05, 0) is 31.0 Å². The molecule has 0 spiro atoms. The lowest BCUT2D eigenvalue weighted by molar-refractivity contribution is 0.297. The number of aryl methyl sites for hydroxylation is 3. The second-order valence-electron chi connectivity index (χ2n) is 4.83. The lowest BCUT2D eigenvalue weighted by Gasteiger charge is -2.08. The summed E-state index contributed by atoms with van der Waals surface area (Å²) < 4.78 is 7.79. The lowest BCUT2D eigenvalue weighted by Crippen LogP contribution is -2.08. The molecule has 0 aliphatic heterocycles. The zero-order chi connectivity index (χ0) is 14.4. The molecule has 4 heteroatoms. The molecule has 2 aromatic rings. The van der Waals surface area contributed by atoms with Gasteiger partial charge in [0.05, 0.1) is 12.3 Å². The van der Waals surface area contributed by atoms with Crippen molar-refractivity contribution < 1.29 is 4.74 Å². The Morgan fingerprint density at radius 3 is 2.75 bits per heavy atom. The van der Waals surface area contributed by atoms with Gasteiger partial charge in [-0.1, -0.05) is 19.9 Å². The third-order valence-corrected chi connectivity index (χ3v) is 3.28. The van der Waals surface area contributed by atoms with Crippen molar-refractivity contribution >= 4 is 5.69 Å². The third kappa shape index (κ3) is 3.76. The minimum atomic E-state index is 0.675. The summed E-state index contributed by atoms with van der Waals surface area (Å²) in [6, 6.07) is 9.73. The molecule has 1 aromatic heterocycles. The number of hydrogen-bond donors (Lipinski definition) is 1. The SMILES string of the molecule is CCc1cc(CC)n(CCCOc2cccc(N)c2)n1. The van der Waals surface area contributed by atoms with E-state index in [9.17, 15) is 0 Å². The Kier molecular flexibility index (Phi) is 5.04. The fourth-order valence-electron chi connectivity index (χ4n) is 2.17. The monoisotopic (exact) mass is 273 g/mol. The maximum absolute atomic E-state index is 5.72. The summed E-state index contributed by atoms with van der Waals surface area (Å²) >= 11 is 0. The predicted molar refractivity (Wildman–Crippen MR) is 81.9 cm³/mol. The molecule has 20 heavy (non-hydrogen) atoms. The summed E-state index contributed by atoms with van der Waals surface area (Å²) in [5.74, 6) is 0.829. The van der Waals surface area contributed by atoms with E-state index in [0.717, 1.165) is 37.2 Å². The van der Waals surface area contributed by atoms with Crippen molar-refractivity contribution in [3.05, 3.63) is 41.7 Å². The number of rotatable bonds is 7. The van der Waals surface area contributed by atoms with Crippen molar-refractivity contribution in [2.45, 2.75) is 39.7 Å². The smallest absolute Gasteiger partial charge is 0.121 e. The van der Waals surface area contributed by atoms with Gasteiger partial charge in [0, 0.05) is 30.4 Å². The van der Waals surface area contributed by atoms with Crippen LogP contribution in [0.25, 0.3) is 0 Å². The zero-order valence-corrected chi connectivity index (χ0v) is 12.3. The molecule has 0 fully saturated rings. The van der Waals surface area contributed by atoms with E-state index >= 15 is 0 Å². The van der Waals surface area contributed by atoms with Crippen LogP contribution in [0.5, 0.6) is 5.75 Å². The van der Waals surface area contributed by atoms with Crippen molar-refractivity contribution in [3.8, 4) is 5.75 Å². The summed E-state index contributed by atoms with van der Waals surface area (Å²) in [5.41, 5.74) is 8.91. The van der Waals surface area contributed by atoms with Crippen LogP contribution in [0.4, 0.5) is 5.69 Å². The van der Waals surface area contributed by atoms with Crippen LogP contribution in [0.3, 0.4) is 0 Å². The van der Waals surface area contributed by atoms with Crippen LogP contribution >= 0.6 is 0 Å². The van der Waals surface area contributed by atoms with Crippen molar-refractivity contribution in [3.63, 3.8) is 0 Å². The minimum absolute atomic E-state index is 0.675. The Balaban J connectivity index is 1.82. The van der Waals surface area contributed by atoms with E-state index < -0.39 is 0 Å². The number of aromatic nitrogens is 2. The van der Waals surface area contributed by atoms with Gasteiger partial charge in [-0.3, -0.25) is 4.68 Å². The van der Waals surface area contributed by atoms with Crippen LogP contribution in [0.15, 0.2) is 30.3 Å². The number of anilines is 1. The van der Waals surface area contributed by atoms with Gasteiger partial charge >= 0.3 is 0 Å². The second-order valence-corrected chi connectivity index (χ2v) is 4.83. The van der Waals surface area contributed by atoms with Gasteiger partial charge in [-0.25, -0.2) is 0 Å². The van der Waals surface area contributed by atoms with E-state index in [1.807, 2.05) is 24.3 Å². The van der Waals surface area contributed by atoms with Crippen molar-refractivity contribution in [2.75, 3.05) is 12.3 Å². The Bertz CT molecular complexity index is 548. The third-order valence-electron chi connectivity index (χ3n) is 3.28. The van der Waals surface area contributed by atoms with E-state index in [1.54, 1.807) is 0 Å². The summed E-state index contributed by atoms with van der Waals surface area (Å²) in [5, 5.41) is 4.60. The van der Waals surface area contributed by atoms with Gasteiger partial charge in [0.1, 0.15) is 5.75 Å². The van der Waals surface area contributed by atoms with Crippen LogP contribution < -0.4 is 10.5 Å². The molecule has 0 saturated heterocycles. The standard InChI is InChI=1S/C16H23N3O/c1-3-14-12-15(4-2)19(18-14)9-6-10-20-16-8-5-7-13(17)11-16/h5,7-8,11-12H,3-4,6,9-10,17H2,1-2H3. The van der Waals surface area contributed by atoms with Crippen molar-refractivity contribution in [1.82, 2.24) is 9.78 Å². The molecule has 1 heterocycles. The van der Waals surface area contributed by atoms with Crippen molar-refractivity contribution in [2.24, 2.45) is 0 Å². The number of nitrogens with two attached hydrogens (primary N) is 1. The second kappa shape index (κ2) is 6.98. The number of benzene rings is 1. The predicted octanol–water partition coefficient (Wildman–Crippen LogP) is 3.06. The van der Waals surface area contributed by atoms with Crippen LogP contribution in [0.1, 0.15) is 31.7 Å². The number of hydrogen-bond acceptors (Lipinski definition) is 3. The molecule has 0 atom stereocenters. The van der Waals surface area contributed by atoms with Gasteiger partial charge in [-0.15, -0.1) is 0 Å². The maximum Gasteiger partial charge on any atom is 0.121 e. The zero-order valence-electron chi connectivity index (χ0n) is 12.3. The van der Waals surface area contributed by atoms with E-state index in [2.05, 4.69) is 29.7 Å². The fourth-order valence-corrected chi connectivity index (χ4v) is 2.17. The quantitative estimate of drug-likeness (QED) is 0.623. The molecule has 0 aliphatic rings. The molecule has 2 rings (SSSR count). The molecule has 0 amide bonds. The highest BCUT2D eigenvalue weighted by Gasteiger charge is 2.04. The van der Waals surface area contributed by atoms with Crippen LogP contribution in [-0.4, -0.2) is 16.4 Å². The summed E-state index contributed by atoms with van der Waals surface area (Å²) in [4.78, 5) is 0. The Labute approximate surface area is 120 Å². The summed E-state index contributed by atoms with van der Waals surface area (Å²) in [6.07, 6.45) is 2.94. The lowest BCUT2D eigenvalue weighted by atomic mass is 10.2. The molecule has 0 unspecified atom stereocenters. The molecule has 1 aromatic carbocycles. The van der Waals surface area contributed by atoms with E-state index in [1.165, 1.54) is 11.4 Å². The molecule has 0 saturated carbocycles. The number of ether oxygens (including phenoxy) is 1. The topological polar surface area (TPSA) is 53.1 Å². The molecule has 4 nitrogen and oxygen atoms in total. The Hall–Kier alpha value is -1.97. The highest BCUT2D eigenvalue weighted by atomic mass is 16.5. The maximum atomic E-state index is 5.72.